The first-order valence-corrected chi connectivity index (χ1v) is 13.7. The van der Waals surface area contributed by atoms with Crippen LogP contribution in [0.3, 0.4) is 0 Å². The number of ether oxygens (including phenoxy) is 1. The lowest BCUT2D eigenvalue weighted by atomic mass is 10.0. The van der Waals surface area contributed by atoms with E-state index in [1.54, 1.807) is 0 Å². The van der Waals surface area contributed by atoms with Gasteiger partial charge in [0.15, 0.2) is 0 Å². The van der Waals surface area contributed by atoms with Crippen molar-refractivity contribution >= 4 is 27.6 Å². The standard InChI is InChI=1S/C30H36BrN3O2/c1-24-9-5-6-18-33(24)19-8-20-34(30(35)32-28-13-7-12-27(31)21-28)22-25-14-16-29(17-15-25)36-23-26-10-3-2-4-11-26/h2-4,7,10-17,21,24H,5-6,8-9,18-20,22-23H2,1H3,(H,32,35). The first-order valence-electron chi connectivity index (χ1n) is 12.9. The average molecular weight is 551 g/mol. The number of urea groups is 1. The summed E-state index contributed by atoms with van der Waals surface area (Å²) >= 11 is 3.49. The normalized spacial score (nSPS) is 15.9. The fraction of sp³-hybridized carbons (Fsp3) is 0.367. The summed E-state index contributed by atoms with van der Waals surface area (Å²) < 4.78 is 6.87. The van der Waals surface area contributed by atoms with Crippen LogP contribution >= 0.6 is 15.9 Å². The van der Waals surface area contributed by atoms with Gasteiger partial charge in [0.05, 0.1) is 0 Å². The van der Waals surface area contributed by atoms with Gasteiger partial charge in [0.25, 0.3) is 0 Å². The van der Waals surface area contributed by atoms with Crippen molar-refractivity contribution in [3.05, 3.63) is 94.5 Å². The van der Waals surface area contributed by atoms with Crippen LogP contribution in [0.2, 0.25) is 0 Å². The highest BCUT2D eigenvalue weighted by molar-refractivity contribution is 9.10. The molecule has 0 aliphatic carbocycles. The molecule has 36 heavy (non-hydrogen) atoms. The quantitative estimate of drug-likeness (QED) is 0.288. The van der Waals surface area contributed by atoms with E-state index in [-0.39, 0.29) is 6.03 Å². The zero-order valence-corrected chi connectivity index (χ0v) is 22.6. The van der Waals surface area contributed by atoms with Gasteiger partial charge in [-0.25, -0.2) is 4.79 Å². The fourth-order valence-corrected chi connectivity index (χ4v) is 5.03. The molecule has 190 valence electrons. The topological polar surface area (TPSA) is 44.8 Å². The number of amides is 2. The van der Waals surface area contributed by atoms with Gasteiger partial charge in [-0.2, -0.15) is 0 Å². The highest BCUT2D eigenvalue weighted by Gasteiger charge is 2.19. The van der Waals surface area contributed by atoms with Crippen LogP contribution in [0.15, 0.2) is 83.3 Å². The lowest BCUT2D eigenvalue weighted by molar-refractivity contribution is 0.150. The molecular weight excluding hydrogens is 514 g/mol. The van der Waals surface area contributed by atoms with Crippen LogP contribution in [0.25, 0.3) is 0 Å². The van der Waals surface area contributed by atoms with E-state index in [0.717, 1.165) is 46.5 Å². The van der Waals surface area contributed by atoms with Crippen molar-refractivity contribution in [3.63, 3.8) is 0 Å². The number of hydrogen-bond acceptors (Lipinski definition) is 3. The number of nitrogens with one attached hydrogen (secondary N) is 1. The smallest absolute Gasteiger partial charge is 0.322 e. The lowest BCUT2D eigenvalue weighted by Gasteiger charge is -2.34. The predicted octanol–water partition coefficient (Wildman–Crippen LogP) is 7.33. The molecule has 3 aromatic carbocycles. The van der Waals surface area contributed by atoms with E-state index in [9.17, 15) is 4.79 Å². The Labute approximate surface area is 223 Å². The molecule has 1 N–H and O–H groups in total. The van der Waals surface area contributed by atoms with E-state index in [2.05, 4.69) is 45.2 Å². The second-order valence-corrected chi connectivity index (χ2v) is 10.4. The van der Waals surface area contributed by atoms with Crippen molar-refractivity contribution in [2.24, 2.45) is 0 Å². The second-order valence-electron chi connectivity index (χ2n) is 9.51. The molecule has 4 rings (SSSR count). The van der Waals surface area contributed by atoms with Crippen molar-refractivity contribution in [3.8, 4) is 5.75 Å². The Morgan fingerprint density at radius 3 is 2.58 bits per heavy atom. The minimum Gasteiger partial charge on any atom is -0.489 e. The van der Waals surface area contributed by atoms with Crippen LogP contribution in [0.1, 0.15) is 43.7 Å². The summed E-state index contributed by atoms with van der Waals surface area (Å²) in [6.45, 7) is 6.29. The molecule has 0 spiro atoms. The molecule has 1 heterocycles. The average Bonchev–Trinajstić information content (AvgIpc) is 2.89. The fourth-order valence-electron chi connectivity index (χ4n) is 4.63. The van der Waals surface area contributed by atoms with Crippen molar-refractivity contribution in [2.75, 3.05) is 25.0 Å². The Morgan fingerprint density at radius 2 is 1.83 bits per heavy atom. The van der Waals surface area contributed by atoms with Crippen LogP contribution in [0, 0.1) is 0 Å². The summed E-state index contributed by atoms with van der Waals surface area (Å²) in [6, 6.07) is 26.5. The molecule has 0 radical (unpaired) electrons. The maximum absolute atomic E-state index is 13.3. The van der Waals surface area contributed by atoms with Crippen molar-refractivity contribution < 1.29 is 9.53 Å². The number of hydrogen-bond donors (Lipinski definition) is 1. The SMILES string of the molecule is CC1CCCCN1CCCN(Cc1ccc(OCc2ccccc2)cc1)C(=O)Nc1cccc(Br)c1. The van der Waals surface area contributed by atoms with E-state index in [1.807, 2.05) is 71.6 Å². The number of carbonyl (C=O) groups is 1. The van der Waals surface area contributed by atoms with Crippen molar-refractivity contribution in [1.29, 1.82) is 0 Å². The van der Waals surface area contributed by atoms with Crippen LogP contribution in [-0.4, -0.2) is 41.5 Å². The highest BCUT2D eigenvalue weighted by Crippen LogP contribution is 2.20. The number of nitrogens with zero attached hydrogens (tertiary/aromatic N) is 2. The van der Waals surface area contributed by atoms with Crippen LogP contribution in [0.5, 0.6) is 5.75 Å². The third-order valence-electron chi connectivity index (χ3n) is 6.72. The summed E-state index contributed by atoms with van der Waals surface area (Å²) in [5.74, 6) is 0.826. The minimum absolute atomic E-state index is 0.0794. The molecule has 1 atom stereocenters. The van der Waals surface area contributed by atoms with Crippen molar-refractivity contribution in [1.82, 2.24) is 9.80 Å². The zero-order valence-electron chi connectivity index (χ0n) is 21.0. The molecule has 2 amide bonds. The third kappa shape index (κ3) is 8.10. The van der Waals surface area contributed by atoms with Crippen molar-refractivity contribution in [2.45, 2.75) is 51.8 Å². The zero-order chi connectivity index (χ0) is 25.2. The van der Waals surface area contributed by atoms with Gasteiger partial charge in [-0.3, -0.25) is 0 Å². The number of anilines is 1. The maximum atomic E-state index is 13.3. The second kappa shape index (κ2) is 13.5. The van der Waals surface area contributed by atoms with Gasteiger partial charge in [0.1, 0.15) is 12.4 Å². The first-order chi connectivity index (χ1) is 17.6. The van der Waals surface area contributed by atoms with E-state index < -0.39 is 0 Å². The number of rotatable bonds is 10. The highest BCUT2D eigenvalue weighted by atomic mass is 79.9. The van der Waals surface area contributed by atoms with Gasteiger partial charge in [0.2, 0.25) is 0 Å². The van der Waals surface area contributed by atoms with Gasteiger partial charge in [0, 0.05) is 35.8 Å². The van der Waals surface area contributed by atoms with Gasteiger partial charge in [-0.05, 0) is 74.2 Å². The number of carbonyl (C=O) groups excluding carboxylic acids is 1. The monoisotopic (exact) mass is 549 g/mol. The van der Waals surface area contributed by atoms with E-state index in [0.29, 0.717) is 25.7 Å². The largest absolute Gasteiger partial charge is 0.489 e. The summed E-state index contributed by atoms with van der Waals surface area (Å²) in [5.41, 5.74) is 3.01. The molecule has 1 saturated heterocycles. The first kappa shape index (κ1) is 26.2. The molecule has 0 saturated carbocycles. The Kier molecular flexibility index (Phi) is 9.82. The summed E-state index contributed by atoms with van der Waals surface area (Å²) in [6.07, 6.45) is 4.82. The van der Waals surface area contributed by atoms with Gasteiger partial charge < -0.3 is 19.9 Å². The van der Waals surface area contributed by atoms with Gasteiger partial charge in [-0.15, -0.1) is 0 Å². The van der Waals surface area contributed by atoms with Crippen LogP contribution in [-0.2, 0) is 13.2 Å². The summed E-state index contributed by atoms with van der Waals surface area (Å²) in [4.78, 5) is 17.7. The predicted molar refractivity (Wildman–Crippen MR) is 150 cm³/mol. The molecule has 6 heteroatoms. The molecular formula is C30H36BrN3O2. The molecule has 1 fully saturated rings. The molecule has 0 bridgehead atoms. The molecule has 3 aromatic rings. The van der Waals surface area contributed by atoms with Crippen LogP contribution in [0.4, 0.5) is 10.5 Å². The minimum atomic E-state index is -0.0794. The summed E-state index contributed by atoms with van der Waals surface area (Å²) in [7, 11) is 0. The summed E-state index contributed by atoms with van der Waals surface area (Å²) in [5, 5.41) is 3.07. The molecule has 1 unspecified atom stereocenters. The Morgan fingerprint density at radius 1 is 1.03 bits per heavy atom. The van der Waals surface area contributed by atoms with E-state index in [1.165, 1.54) is 19.3 Å². The number of halogens is 1. The Hall–Kier alpha value is -2.83. The number of benzene rings is 3. The maximum Gasteiger partial charge on any atom is 0.322 e. The van der Waals surface area contributed by atoms with Gasteiger partial charge in [-0.1, -0.05) is 70.9 Å². The third-order valence-corrected chi connectivity index (χ3v) is 7.22. The molecule has 1 aliphatic heterocycles. The van der Waals surface area contributed by atoms with Gasteiger partial charge >= 0.3 is 6.03 Å². The van der Waals surface area contributed by atoms with E-state index >= 15 is 0 Å². The number of likely N-dealkylation sites (tertiary alicyclic amines) is 1. The molecule has 5 nitrogen and oxygen atoms in total. The molecule has 0 aromatic heterocycles. The van der Waals surface area contributed by atoms with E-state index in [4.69, 9.17) is 4.74 Å². The Bertz CT molecular complexity index is 1090. The number of piperidine rings is 1. The van der Waals surface area contributed by atoms with Crippen LogP contribution < -0.4 is 10.1 Å². The Balaban J connectivity index is 1.37. The molecule has 1 aliphatic rings. The lowest BCUT2D eigenvalue weighted by Crippen LogP contribution is -2.40.